The number of hydrogen-bond donors (Lipinski definition) is 0. The smallest absolute Gasteiger partial charge is 0.170 e. The van der Waals surface area contributed by atoms with E-state index in [-0.39, 0.29) is 6.29 Å². The number of benzene rings is 2. The largest absolute Gasteiger partial charge is 0.352 e. The molecule has 0 fully saturated rings. The summed E-state index contributed by atoms with van der Waals surface area (Å²) in [6, 6.07) is 17.8. The van der Waals surface area contributed by atoms with Crippen LogP contribution in [-0.2, 0) is 9.47 Å². The Hall–Kier alpha value is -1.94. The first-order valence-corrected chi connectivity index (χ1v) is 10.1. The maximum atomic E-state index is 5.72. The molecule has 27 heavy (non-hydrogen) atoms. The van der Waals surface area contributed by atoms with E-state index in [0.29, 0.717) is 19.1 Å². The zero-order chi connectivity index (χ0) is 18.6. The zero-order valence-corrected chi connectivity index (χ0v) is 16.4. The lowest BCUT2D eigenvalue weighted by Gasteiger charge is -2.31. The molecule has 0 saturated carbocycles. The Labute approximate surface area is 162 Å². The second-order valence-electron chi connectivity index (χ2n) is 7.24. The fourth-order valence-electron chi connectivity index (χ4n) is 4.45. The molecule has 0 amide bonds. The molecule has 2 aromatic rings. The summed E-state index contributed by atoms with van der Waals surface area (Å²) in [6.45, 7) is 8.29. The van der Waals surface area contributed by atoms with Crippen molar-refractivity contribution >= 4 is 0 Å². The SMILES string of the molecule is CCOC(CN1CC=C(C2c3ccccc3-c3ccccc32)CC1)OCC. The van der Waals surface area contributed by atoms with E-state index in [9.17, 15) is 0 Å². The van der Waals surface area contributed by atoms with Gasteiger partial charge in [-0.25, -0.2) is 0 Å². The highest BCUT2D eigenvalue weighted by Crippen LogP contribution is 2.48. The van der Waals surface area contributed by atoms with Gasteiger partial charge in [-0.2, -0.15) is 0 Å². The molecule has 142 valence electrons. The summed E-state index contributed by atoms with van der Waals surface area (Å²) in [7, 11) is 0. The Balaban J connectivity index is 1.53. The maximum absolute atomic E-state index is 5.72. The Kier molecular flexibility index (Phi) is 5.72. The summed E-state index contributed by atoms with van der Waals surface area (Å²) >= 11 is 0. The van der Waals surface area contributed by atoms with Gasteiger partial charge < -0.3 is 9.47 Å². The molecule has 1 aliphatic heterocycles. The fourth-order valence-corrected chi connectivity index (χ4v) is 4.45. The van der Waals surface area contributed by atoms with Crippen LogP contribution >= 0.6 is 0 Å². The summed E-state index contributed by atoms with van der Waals surface area (Å²) < 4.78 is 11.4. The fraction of sp³-hybridized carbons (Fsp3) is 0.417. The van der Waals surface area contributed by atoms with Gasteiger partial charge in [-0.1, -0.05) is 60.2 Å². The van der Waals surface area contributed by atoms with Crippen molar-refractivity contribution in [2.45, 2.75) is 32.5 Å². The Morgan fingerprint density at radius 1 is 0.926 bits per heavy atom. The lowest BCUT2D eigenvalue weighted by atomic mass is 9.85. The third-order valence-corrected chi connectivity index (χ3v) is 5.65. The molecule has 2 aromatic carbocycles. The molecule has 0 unspecified atom stereocenters. The molecule has 0 atom stereocenters. The van der Waals surface area contributed by atoms with Crippen molar-refractivity contribution in [2.75, 3.05) is 32.8 Å². The highest BCUT2D eigenvalue weighted by Gasteiger charge is 2.31. The number of rotatable bonds is 7. The summed E-state index contributed by atoms with van der Waals surface area (Å²) in [5.74, 6) is 0.411. The number of fused-ring (bicyclic) bond motifs is 3. The van der Waals surface area contributed by atoms with Crippen LogP contribution in [-0.4, -0.2) is 44.0 Å². The van der Waals surface area contributed by atoms with Crippen LogP contribution in [0.5, 0.6) is 0 Å². The van der Waals surface area contributed by atoms with Gasteiger partial charge in [0.2, 0.25) is 0 Å². The van der Waals surface area contributed by atoms with Crippen LogP contribution in [0.4, 0.5) is 0 Å². The Morgan fingerprint density at radius 3 is 2.04 bits per heavy atom. The van der Waals surface area contributed by atoms with Crippen molar-refractivity contribution < 1.29 is 9.47 Å². The van der Waals surface area contributed by atoms with E-state index in [2.05, 4.69) is 59.5 Å². The van der Waals surface area contributed by atoms with Crippen LogP contribution < -0.4 is 0 Å². The quantitative estimate of drug-likeness (QED) is 0.519. The molecule has 2 aliphatic rings. The molecular weight excluding hydrogens is 334 g/mol. The van der Waals surface area contributed by atoms with Crippen LogP contribution in [0.25, 0.3) is 11.1 Å². The van der Waals surface area contributed by atoms with E-state index in [1.54, 1.807) is 5.57 Å². The minimum atomic E-state index is -0.122. The molecule has 1 aliphatic carbocycles. The molecule has 0 N–H and O–H groups in total. The number of nitrogens with zero attached hydrogens (tertiary/aromatic N) is 1. The first-order valence-electron chi connectivity index (χ1n) is 10.1. The van der Waals surface area contributed by atoms with Crippen LogP contribution in [0.1, 0.15) is 37.3 Å². The van der Waals surface area contributed by atoms with Crippen LogP contribution in [0, 0.1) is 0 Å². The average molecular weight is 364 g/mol. The second-order valence-corrected chi connectivity index (χ2v) is 7.24. The van der Waals surface area contributed by atoms with E-state index in [0.717, 1.165) is 26.1 Å². The predicted molar refractivity (Wildman–Crippen MR) is 110 cm³/mol. The van der Waals surface area contributed by atoms with Crippen molar-refractivity contribution in [3.63, 3.8) is 0 Å². The summed E-state index contributed by atoms with van der Waals surface area (Å²) in [5.41, 5.74) is 7.26. The molecule has 0 bridgehead atoms. The van der Waals surface area contributed by atoms with Gasteiger partial charge in [0.25, 0.3) is 0 Å². The molecule has 0 radical (unpaired) electrons. The van der Waals surface area contributed by atoms with Crippen molar-refractivity contribution in [1.29, 1.82) is 0 Å². The topological polar surface area (TPSA) is 21.7 Å². The van der Waals surface area contributed by atoms with Gasteiger partial charge in [0.1, 0.15) is 0 Å². The lowest BCUT2D eigenvalue weighted by molar-refractivity contribution is -0.146. The molecule has 4 rings (SSSR count). The Morgan fingerprint density at radius 2 is 1.52 bits per heavy atom. The molecule has 0 spiro atoms. The molecule has 0 aromatic heterocycles. The minimum absolute atomic E-state index is 0.122. The van der Waals surface area contributed by atoms with Gasteiger partial charge in [-0.05, 0) is 42.5 Å². The average Bonchev–Trinajstić information content (AvgIpc) is 3.04. The molecule has 3 nitrogen and oxygen atoms in total. The normalized spacial score (nSPS) is 17.1. The predicted octanol–water partition coefficient (Wildman–Crippen LogP) is 4.83. The first-order chi connectivity index (χ1) is 13.3. The minimum Gasteiger partial charge on any atom is -0.352 e. The van der Waals surface area contributed by atoms with E-state index >= 15 is 0 Å². The second kappa shape index (κ2) is 8.39. The first kappa shape index (κ1) is 18.4. The van der Waals surface area contributed by atoms with Gasteiger partial charge >= 0.3 is 0 Å². The summed E-state index contributed by atoms with van der Waals surface area (Å²) in [6.07, 6.45) is 3.41. The van der Waals surface area contributed by atoms with Crippen molar-refractivity contribution in [2.24, 2.45) is 0 Å². The van der Waals surface area contributed by atoms with E-state index in [1.807, 2.05) is 13.8 Å². The standard InChI is InChI=1S/C24H29NO2/c1-3-26-23(27-4-2)17-25-15-13-18(14-16-25)24-21-11-7-5-9-19(21)20-10-6-8-12-22(20)24/h5-13,23-24H,3-4,14-17H2,1-2H3. The Bertz CT molecular complexity index is 762. The van der Waals surface area contributed by atoms with E-state index < -0.39 is 0 Å². The van der Waals surface area contributed by atoms with Crippen molar-refractivity contribution in [3.05, 3.63) is 71.3 Å². The third-order valence-electron chi connectivity index (χ3n) is 5.65. The molecule has 0 saturated heterocycles. The van der Waals surface area contributed by atoms with Gasteiger partial charge in [-0.15, -0.1) is 0 Å². The highest BCUT2D eigenvalue weighted by atomic mass is 16.7. The van der Waals surface area contributed by atoms with Crippen LogP contribution in [0.2, 0.25) is 0 Å². The van der Waals surface area contributed by atoms with Crippen molar-refractivity contribution in [1.82, 2.24) is 4.90 Å². The van der Waals surface area contributed by atoms with Crippen LogP contribution in [0.3, 0.4) is 0 Å². The molecule has 3 heteroatoms. The maximum Gasteiger partial charge on any atom is 0.170 e. The van der Waals surface area contributed by atoms with Crippen LogP contribution in [0.15, 0.2) is 60.2 Å². The summed E-state index contributed by atoms with van der Waals surface area (Å²) in [4.78, 5) is 2.44. The van der Waals surface area contributed by atoms with E-state index in [4.69, 9.17) is 9.47 Å². The van der Waals surface area contributed by atoms with Crippen molar-refractivity contribution in [3.8, 4) is 11.1 Å². The third kappa shape index (κ3) is 3.73. The monoisotopic (exact) mass is 363 g/mol. The molecular formula is C24H29NO2. The van der Waals surface area contributed by atoms with Gasteiger partial charge in [0.05, 0.1) is 0 Å². The zero-order valence-electron chi connectivity index (χ0n) is 16.4. The highest BCUT2D eigenvalue weighted by molar-refractivity contribution is 5.80. The lowest BCUT2D eigenvalue weighted by Crippen LogP contribution is -2.38. The molecule has 1 heterocycles. The number of hydrogen-bond acceptors (Lipinski definition) is 3. The number of ether oxygens (including phenoxy) is 2. The summed E-state index contributed by atoms with van der Waals surface area (Å²) in [5, 5.41) is 0. The van der Waals surface area contributed by atoms with Gasteiger partial charge in [-0.3, -0.25) is 4.90 Å². The van der Waals surface area contributed by atoms with Gasteiger partial charge in [0.15, 0.2) is 6.29 Å². The van der Waals surface area contributed by atoms with Gasteiger partial charge in [0, 0.05) is 38.8 Å². The van der Waals surface area contributed by atoms with E-state index in [1.165, 1.54) is 22.3 Å².